The first-order valence-electron chi connectivity index (χ1n) is 6.52. The summed E-state index contributed by atoms with van der Waals surface area (Å²) in [6.07, 6.45) is -0.0437. The predicted molar refractivity (Wildman–Crippen MR) is 78.2 cm³/mol. The molecule has 2 atom stereocenters. The summed E-state index contributed by atoms with van der Waals surface area (Å²) in [7, 11) is 1.59. The van der Waals surface area contributed by atoms with Gasteiger partial charge in [-0.05, 0) is 41.3 Å². The zero-order valence-electron chi connectivity index (χ0n) is 13.1. The van der Waals surface area contributed by atoms with E-state index in [1.165, 1.54) is 7.05 Å². The van der Waals surface area contributed by atoms with Crippen LogP contribution in [-0.2, 0) is 10.2 Å². The average molecular weight is 295 g/mol. The van der Waals surface area contributed by atoms with Crippen molar-refractivity contribution in [1.29, 1.82) is 0 Å². The smallest absolute Gasteiger partial charge is 0.279 e. The Kier molecular flexibility index (Phi) is 6.91. The lowest BCUT2D eigenvalue weighted by Gasteiger charge is -2.31. The Morgan fingerprint density at radius 3 is 2.11 bits per heavy atom. The van der Waals surface area contributed by atoms with Crippen molar-refractivity contribution in [2.75, 3.05) is 27.7 Å². The highest BCUT2D eigenvalue weighted by Gasteiger charge is 2.29. The third kappa shape index (κ3) is 6.18. The SMILES string of the molecule is CCC(C)(C)NS(=O)(=O)N(C)CC(O)C(C)N(C)C. The molecule has 0 saturated heterocycles. The van der Waals surface area contributed by atoms with E-state index in [1.807, 2.05) is 46.7 Å². The van der Waals surface area contributed by atoms with Gasteiger partial charge in [0.25, 0.3) is 10.2 Å². The fourth-order valence-corrected chi connectivity index (χ4v) is 2.70. The molecular weight excluding hydrogens is 266 g/mol. The van der Waals surface area contributed by atoms with Crippen LogP contribution in [0.2, 0.25) is 0 Å². The van der Waals surface area contributed by atoms with Gasteiger partial charge in [-0.25, -0.2) is 0 Å². The summed E-state index contributed by atoms with van der Waals surface area (Å²) < 4.78 is 28.0. The Labute approximate surface area is 118 Å². The summed E-state index contributed by atoms with van der Waals surface area (Å²) in [6, 6.07) is -0.114. The van der Waals surface area contributed by atoms with Gasteiger partial charge in [0, 0.05) is 25.2 Å². The highest BCUT2D eigenvalue weighted by atomic mass is 32.2. The molecule has 6 nitrogen and oxygen atoms in total. The lowest BCUT2D eigenvalue weighted by molar-refractivity contribution is 0.0727. The number of rotatable bonds is 8. The van der Waals surface area contributed by atoms with Crippen LogP contribution in [-0.4, -0.2) is 68.1 Å². The Morgan fingerprint density at radius 1 is 1.26 bits per heavy atom. The van der Waals surface area contributed by atoms with Crippen LogP contribution in [0.3, 0.4) is 0 Å². The number of hydrogen-bond acceptors (Lipinski definition) is 4. The minimum absolute atomic E-state index is 0.0640. The summed E-state index contributed by atoms with van der Waals surface area (Å²) in [4.78, 5) is 1.86. The summed E-state index contributed by atoms with van der Waals surface area (Å²) in [5.74, 6) is 0. The fraction of sp³-hybridized carbons (Fsp3) is 1.00. The van der Waals surface area contributed by atoms with E-state index in [-0.39, 0.29) is 12.6 Å². The summed E-state index contributed by atoms with van der Waals surface area (Å²) >= 11 is 0. The molecule has 0 aromatic heterocycles. The van der Waals surface area contributed by atoms with Crippen molar-refractivity contribution in [3.63, 3.8) is 0 Å². The molecule has 19 heavy (non-hydrogen) atoms. The molecule has 2 unspecified atom stereocenters. The molecule has 0 amide bonds. The Balaban J connectivity index is 4.69. The molecule has 0 fully saturated rings. The number of likely N-dealkylation sites (N-methyl/N-ethyl adjacent to an activating group) is 2. The van der Waals surface area contributed by atoms with Crippen LogP contribution in [0.5, 0.6) is 0 Å². The summed E-state index contributed by atoms with van der Waals surface area (Å²) in [5, 5.41) is 10.0. The number of nitrogens with one attached hydrogen (secondary N) is 1. The summed E-state index contributed by atoms with van der Waals surface area (Å²) in [5.41, 5.74) is -0.495. The Hall–Kier alpha value is -0.210. The first-order valence-corrected chi connectivity index (χ1v) is 7.96. The maximum Gasteiger partial charge on any atom is 0.279 e. The lowest BCUT2D eigenvalue weighted by atomic mass is 10.0. The average Bonchev–Trinajstić information content (AvgIpc) is 2.26. The predicted octanol–water partition coefficient (Wildman–Crippen LogP) is 0.252. The van der Waals surface area contributed by atoms with E-state index in [0.717, 1.165) is 4.31 Å². The normalized spacial score (nSPS) is 16.9. The molecule has 0 bridgehead atoms. The van der Waals surface area contributed by atoms with E-state index in [2.05, 4.69) is 4.72 Å². The highest BCUT2D eigenvalue weighted by Crippen LogP contribution is 2.11. The molecule has 0 aliphatic rings. The van der Waals surface area contributed by atoms with Crippen molar-refractivity contribution in [1.82, 2.24) is 13.9 Å². The van der Waals surface area contributed by atoms with Crippen molar-refractivity contribution in [2.24, 2.45) is 0 Å². The first-order chi connectivity index (χ1) is 8.43. The molecule has 0 saturated carbocycles. The van der Waals surface area contributed by atoms with E-state index < -0.39 is 21.9 Å². The van der Waals surface area contributed by atoms with Gasteiger partial charge in [-0.2, -0.15) is 17.4 Å². The van der Waals surface area contributed by atoms with Crippen LogP contribution in [0, 0.1) is 0 Å². The van der Waals surface area contributed by atoms with Crippen molar-refractivity contribution in [3.8, 4) is 0 Å². The molecule has 0 radical (unpaired) electrons. The van der Waals surface area contributed by atoms with Gasteiger partial charge in [0.1, 0.15) is 0 Å². The van der Waals surface area contributed by atoms with Gasteiger partial charge in [-0.1, -0.05) is 6.92 Å². The van der Waals surface area contributed by atoms with Crippen LogP contribution in [0.1, 0.15) is 34.1 Å². The molecule has 0 aromatic rings. The lowest BCUT2D eigenvalue weighted by Crippen LogP contribution is -2.52. The van der Waals surface area contributed by atoms with E-state index in [9.17, 15) is 13.5 Å². The van der Waals surface area contributed by atoms with Crippen molar-refractivity contribution in [3.05, 3.63) is 0 Å². The third-order valence-electron chi connectivity index (χ3n) is 3.52. The molecule has 0 aromatic carbocycles. The Morgan fingerprint density at radius 2 is 1.74 bits per heavy atom. The second-order valence-corrected chi connectivity index (χ2v) is 7.67. The molecule has 2 N–H and O–H groups in total. The highest BCUT2D eigenvalue weighted by molar-refractivity contribution is 7.87. The second kappa shape index (κ2) is 6.99. The number of aliphatic hydroxyl groups is 1. The van der Waals surface area contributed by atoms with Crippen molar-refractivity contribution < 1.29 is 13.5 Å². The largest absolute Gasteiger partial charge is 0.390 e. The number of aliphatic hydroxyl groups excluding tert-OH is 1. The molecular formula is C12H29N3O3S. The van der Waals surface area contributed by atoms with Gasteiger partial charge in [-0.3, -0.25) is 0 Å². The quantitative estimate of drug-likeness (QED) is 0.673. The zero-order valence-corrected chi connectivity index (χ0v) is 14.0. The van der Waals surface area contributed by atoms with Gasteiger partial charge in [-0.15, -0.1) is 0 Å². The molecule has 0 rings (SSSR count). The number of hydrogen-bond donors (Lipinski definition) is 2. The maximum atomic E-state index is 12.1. The summed E-state index contributed by atoms with van der Waals surface area (Å²) in [6.45, 7) is 7.50. The molecule has 0 aliphatic heterocycles. The topological polar surface area (TPSA) is 72.9 Å². The molecule has 0 aliphatic carbocycles. The molecule has 7 heteroatoms. The van der Waals surface area contributed by atoms with Gasteiger partial charge in [0.2, 0.25) is 0 Å². The standard InChI is InChI=1S/C12H29N3O3S/c1-8-12(3,4)13-19(17,18)15(7)9-11(16)10(2)14(5)6/h10-11,13,16H,8-9H2,1-7H3. The van der Waals surface area contributed by atoms with Crippen LogP contribution in [0.15, 0.2) is 0 Å². The second-order valence-electron chi connectivity index (χ2n) is 5.90. The van der Waals surface area contributed by atoms with Crippen LogP contribution >= 0.6 is 0 Å². The van der Waals surface area contributed by atoms with Crippen LogP contribution < -0.4 is 4.72 Å². The minimum Gasteiger partial charge on any atom is -0.390 e. The third-order valence-corrected chi connectivity index (χ3v) is 5.30. The molecule has 0 heterocycles. The Bertz CT molecular complexity index is 368. The van der Waals surface area contributed by atoms with Gasteiger partial charge in [0.15, 0.2) is 0 Å². The van der Waals surface area contributed by atoms with E-state index in [1.54, 1.807) is 0 Å². The van der Waals surface area contributed by atoms with Crippen molar-refractivity contribution >= 4 is 10.2 Å². The van der Waals surface area contributed by atoms with E-state index >= 15 is 0 Å². The maximum absolute atomic E-state index is 12.1. The molecule has 0 spiro atoms. The first kappa shape index (κ1) is 18.8. The van der Waals surface area contributed by atoms with E-state index in [0.29, 0.717) is 6.42 Å². The van der Waals surface area contributed by atoms with Gasteiger partial charge < -0.3 is 10.0 Å². The minimum atomic E-state index is -3.58. The van der Waals surface area contributed by atoms with E-state index in [4.69, 9.17) is 0 Å². The van der Waals surface area contributed by atoms with Gasteiger partial charge in [0.05, 0.1) is 6.10 Å². The van der Waals surface area contributed by atoms with Crippen LogP contribution in [0.25, 0.3) is 0 Å². The van der Waals surface area contributed by atoms with Crippen molar-refractivity contribution in [2.45, 2.75) is 51.8 Å². The zero-order chi connectivity index (χ0) is 15.4. The van der Waals surface area contributed by atoms with Gasteiger partial charge >= 0.3 is 0 Å². The fourth-order valence-electron chi connectivity index (χ4n) is 1.36. The number of nitrogens with zero attached hydrogens (tertiary/aromatic N) is 2. The van der Waals surface area contributed by atoms with Crippen LogP contribution in [0.4, 0.5) is 0 Å². The molecule has 116 valence electrons. The monoisotopic (exact) mass is 295 g/mol.